The highest BCUT2D eigenvalue weighted by atomic mass is 15.0. The number of benzene rings is 6. The van der Waals surface area contributed by atoms with Crippen LogP contribution in [0.25, 0.3) is 66.1 Å². The molecule has 0 spiro atoms. The highest BCUT2D eigenvalue weighted by Gasteiger charge is 2.21. The van der Waals surface area contributed by atoms with Gasteiger partial charge in [-0.1, -0.05) is 145 Å². The number of aryl methyl sites for hydroxylation is 2. The first-order chi connectivity index (χ1) is 24.7. The highest BCUT2D eigenvalue weighted by molar-refractivity contribution is 6.10. The average molecular weight is 645 g/mol. The van der Waals surface area contributed by atoms with Gasteiger partial charge < -0.3 is 9.13 Å². The molecule has 6 aromatic carbocycles. The summed E-state index contributed by atoms with van der Waals surface area (Å²) in [6.45, 7) is 5.25. The summed E-state index contributed by atoms with van der Waals surface area (Å²) >= 11 is 0. The number of fused-ring (bicyclic) bond motifs is 4. The molecule has 2 heteroatoms. The molecule has 0 unspecified atom stereocenters. The van der Waals surface area contributed by atoms with Gasteiger partial charge >= 0.3 is 0 Å². The zero-order valence-electron chi connectivity index (χ0n) is 28.6. The first-order valence-electron chi connectivity index (χ1n) is 17.5. The summed E-state index contributed by atoms with van der Waals surface area (Å²) in [6.07, 6.45) is 16.5. The van der Waals surface area contributed by atoms with Crippen LogP contribution < -0.4 is 0 Å². The first kappa shape index (κ1) is 31.2. The summed E-state index contributed by atoms with van der Waals surface area (Å²) in [5.74, 6) is 0. The quantitative estimate of drug-likeness (QED) is 0.176. The standard InChI is InChI=1S/C41H32N2.C7H8/c1-2-43-38-22-14-13-21-34(38)36-26-33(23-24-39(36)43)42-27-32-25-35(29-15-9-5-10-16-29)40(30-17-7-3-4-8-18-30)41(37(32)28-42)31-19-11-6-12-20-31;1-7-5-3-2-4-6-7/h3-17,19-28H,2,18H2,1H3;2-6H,1H3. The topological polar surface area (TPSA) is 9.86 Å². The van der Waals surface area contributed by atoms with Crippen molar-refractivity contribution in [3.63, 3.8) is 0 Å². The Kier molecular flexibility index (Phi) is 8.59. The Morgan fingerprint density at radius 1 is 0.560 bits per heavy atom. The van der Waals surface area contributed by atoms with Crippen molar-refractivity contribution in [3.8, 4) is 27.9 Å². The Hall–Kier alpha value is -6.12. The third kappa shape index (κ3) is 5.90. The third-order valence-electron chi connectivity index (χ3n) is 9.72. The lowest BCUT2D eigenvalue weighted by atomic mass is 9.84. The molecule has 1 aliphatic carbocycles. The van der Waals surface area contributed by atoms with E-state index < -0.39 is 0 Å². The molecule has 0 saturated carbocycles. The summed E-state index contributed by atoms with van der Waals surface area (Å²) in [4.78, 5) is 0. The van der Waals surface area contributed by atoms with Gasteiger partial charge in [0.1, 0.15) is 0 Å². The van der Waals surface area contributed by atoms with Crippen molar-refractivity contribution in [2.24, 2.45) is 0 Å². The Morgan fingerprint density at radius 2 is 1.24 bits per heavy atom. The molecule has 0 radical (unpaired) electrons. The van der Waals surface area contributed by atoms with Gasteiger partial charge in [0.2, 0.25) is 0 Å². The Bertz CT molecular complexity index is 2520. The normalized spacial score (nSPS) is 12.6. The van der Waals surface area contributed by atoms with Gasteiger partial charge in [-0.15, -0.1) is 0 Å². The molecule has 0 N–H and O–H groups in total. The van der Waals surface area contributed by atoms with Crippen LogP contribution in [0.5, 0.6) is 0 Å². The van der Waals surface area contributed by atoms with E-state index in [1.807, 2.05) is 18.2 Å². The van der Waals surface area contributed by atoms with Crippen LogP contribution >= 0.6 is 0 Å². The van der Waals surface area contributed by atoms with Crippen LogP contribution in [0.2, 0.25) is 0 Å². The van der Waals surface area contributed by atoms with Gasteiger partial charge in [-0.05, 0) is 84.0 Å². The minimum atomic E-state index is 0.886. The number of allylic oxidation sites excluding steroid dienone is 6. The number of para-hydroxylation sites is 1. The molecule has 9 rings (SSSR count). The molecule has 50 heavy (non-hydrogen) atoms. The van der Waals surface area contributed by atoms with Crippen molar-refractivity contribution in [2.45, 2.75) is 26.8 Å². The summed E-state index contributed by atoms with van der Waals surface area (Å²) in [5.41, 5.74) is 12.7. The smallest absolute Gasteiger partial charge is 0.0492 e. The maximum absolute atomic E-state index is 2.41. The predicted octanol–water partition coefficient (Wildman–Crippen LogP) is 13.0. The van der Waals surface area contributed by atoms with Crippen molar-refractivity contribution in [3.05, 3.63) is 193 Å². The second kappa shape index (κ2) is 13.8. The second-order valence-corrected chi connectivity index (χ2v) is 12.9. The lowest BCUT2D eigenvalue weighted by molar-refractivity contribution is 0.827. The molecule has 0 aliphatic heterocycles. The maximum atomic E-state index is 2.41. The zero-order valence-corrected chi connectivity index (χ0v) is 28.6. The third-order valence-corrected chi connectivity index (χ3v) is 9.72. The van der Waals surface area contributed by atoms with E-state index in [9.17, 15) is 0 Å². The van der Waals surface area contributed by atoms with Crippen LogP contribution in [0.1, 0.15) is 24.5 Å². The summed E-state index contributed by atoms with van der Waals surface area (Å²) < 4.78 is 4.73. The first-order valence-corrected chi connectivity index (χ1v) is 17.5. The number of rotatable bonds is 5. The van der Waals surface area contributed by atoms with Crippen molar-refractivity contribution in [1.82, 2.24) is 9.13 Å². The number of hydrogen-bond acceptors (Lipinski definition) is 0. The monoisotopic (exact) mass is 644 g/mol. The molecule has 8 aromatic rings. The fourth-order valence-electron chi connectivity index (χ4n) is 7.36. The van der Waals surface area contributed by atoms with Crippen LogP contribution in [0.3, 0.4) is 0 Å². The van der Waals surface area contributed by atoms with Crippen molar-refractivity contribution >= 4 is 38.2 Å². The minimum Gasteiger partial charge on any atom is -0.341 e. The predicted molar refractivity (Wildman–Crippen MR) is 215 cm³/mol. The van der Waals surface area contributed by atoms with E-state index in [1.165, 1.54) is 77.2 Å². The lowest BCUT2D eigenvalue weighted by Gasteiger charge is -2.19. The fraction of sp³-hybridized carbons (Fsp3) is 0.0833. The van der Waals surface area contributed by atoms with Crippen molar-refractivity contribution < 1.29 is 0 Å². The maximum Gasteiger partial charge on any atom is 0.0492 e. The number of hydrogen-bond donors (Lipinski definition) is 0. The van der Waals surface area contributed by atoms with Gasteiger partial charge in [0, 0.05) is 57.2 Å². The molecule has 0 amide bonds. The van der Waals surface area contributed by atoms with E-state index >= 15 is 0 Å². The second-order valence-electron chi connectivity index (χ2n) is 12.9. The van der Waals surface area contributed by atoms with E-state index in [0.29, 0.717) is 0 Å². The molecule has 1 aliphatic rings. The summed E-state index contributed by atoms with van der Waals surface area (Å²) in [7, 11) is 0. The molecule has 2 aromatic heterocycles. The van der Waals surface area contributed by atoms with Gasteiger partial charge in [-0.25, -0.2) is 0 Å². The van der Waals surface area contributed by atoms with Gasteiger partial charge in [0.15, 0.2) is 0 Å². The highest BCUT2D eigenvalue weighted by Crippen LogP contribution is 2.44. The molecular weight excluding hydrogens is 605 g/mol. The van der Waals surface area contributed by atoms with Gasteiger partial charge in [0.25, 0.3) is 0 Å². The molecule has 0 bridgehead atoms. The molecular formula is C48H40N2. The molecule has 2 heterocycles. The SMILES string of the molecule is CCn1c2ccccc2c2cc(-n3cc4cc(-c5ccccc5)c(C5=CC=CC=CC5)c(-c5ccccc5)c4c3)ccc21.Cc1ccccc1. The molecule has 2 nitrogen and oxygen atoms in total. The van der Waals surface area contributed by atoms with E-state index in [1.54, 1.807) is 0 Å². The molecule has 0 saturated heterocycles. The van der Waals surface area contributed by atoms with E-state index in [4.69, 9.17) is 0 Å². The van der Waals surface area contributed by atoms with Gasteiger partial charge in [0.05, 0.1) is 0 Å². The summed E-state index contributed by atoms with van der Waals surface area (Å²) in [5, 5.41) is 5.09. The van der Waals surface area contributed by atoms with E-state index in [2.05, 4.69) is 187 Å². The average Bonchev–Trinajstić information content (AvgIpc) is 3.62. The Balaban J connectivity index is 0.000000463. The van der Waals surface area contributed by atoms with Gasteiger partial charge in [-0.3, -0.25) is 0 Å². The lowest BCUT2D eigenvalue weighted by Crippen LogP contribution is -1.95. The number of aromatic nitrogens is 2. The van der Waals surface area contributed by atoms with Crippen molar-refractivity contribution in [2.75, 3.05) is 0 Å². The fourth-order valence-corrected chi connectivity index (χ4v) is 7.36. The molecule has 0 atom stereocenters. The van der Waals surface area contributed by atoms with Crippen molar-refractivity contribution in [1.29, 1.82) is 0 Å². The van der Waals surface area contributed by atoms with Crippen LogP contribution in [-0.2, 0) is 6.54 Å². The molecule has 242 valence electrons. The van der Waals surface area contributed by atoms with Crippen LogP contribution in [-0.4, -0.2) is 9.13 Å². The van der Waals surface area contributed by atoms with E-state index in [0.717, 1.165) is 13.0 Å². The Labute approximate surface area is 294 Å². The number of nitrogens with zero attached hydrogens (tertiary/aromatic N) is 2. The van der Waals surface area contributed by atoms with E-state index in [-0.39, 0.29) is 0 Å². The zero-order chi connectivity index (χ0) is 33.9. The minimum absolute atomic E-state index is 0.886. The summed E-state index contributed by atoms with van der Waals surface area (Å²) in [6, 6.07) is 50.0. The van der Waals surface area contributed by atoms with Crippen LogP contribution in [0.4, 0.5) is 0 Å². The molecule has 0 fully saturated rings. The van der Waals surface area contributed by atoms with Crippen LogP contribution in [0.15, 0.2) is 182 Å². The van der Waals surface area contributed by atoms with Gasteiger partial charge in [-0.2, -0.15) is 0 Å². The Morgan fingerprint density at radius 3 is 1.96 bits per heavy atom. The largest absolute Gasteiger partial charge is 0.341 e. The van der Waals surface area contributed by atoms with Crippen LogP contribution in [0, 0.1) is 6.92 Å².